The maximum Gasteiger partial charge on any atom is 0.270 e. The molecule has 2 aromatic heterocycles. The Kier molecular flexibility index (Phi) is 6.51. The zero-order chi connectivity index (χ0) is 22.7. The molecule has 0 radical (unpaired) electrons. The van der Waals surface area contributed by atoms with E-state index in [0.717, 1.165) is 42.5 Å². The second-order valence-corrected chi connectivity index (χ2v) is 9.23. The van der Waals surface area contributed by atoms with Crippen LogP contribution < -0.4 is 10.1 Å². The summed E-state index contributed by atoms with van der Waals surface area (Å²) in [6.45, 7) is 7.20. The summed E-state index contributed by atoms with van der Waals surface area (Å²) in [4.78, 5) is 23.0. The first-order valence-corrected chi connectivity index (χ1v) is 11.6. The van der Waals surface area contributed by atoms with E-state index in [-0.39, 0.29) is 17.5 Å². The summed E-state index contributed by atoms with van der Waals surface area (Å²) in [6.07, 6.45) is 5.98. The molecule has 0 aliphatic heterocycles. The van der Waals surface area contributed by atoms with E-state index in [4.69, 9.17) is 4.74 Å². The first-order chi connectivity index (χ1) is 15.4. The van der Waals surface area contributed by atoms with Gasteiger partial charge in [0.05, 0.1) is 18.1 Å². The van der Waals surface area contributed by atoms with Gasteiger partial charge in [0.2, 0.25) is 0 Å². The van der Waals surface area contributed by atoms with Gasteiger partial charge < -0.3 is 19.9 Å². The Morgan fingerprint density at radius 1 is 1.25 bits per heavy atom. The summed E-state index contributed by atoms with van der Waals surface area (Å²) in [7, 11) is 1.69. The van der Waals surface area contributed by atoms with Crippen molar-refractivity contribution in [2.45, 2.75) is 64.1 Å². The highest BCUT2D eigenvalue weighted by Gasteiger charge is 2.33. The van der Waals surface area contributed by atoms with Crippen molar-refractivity contribution in [2.24, 2.45) is 0 Å². The molecule has 2 atom stereocenters. The summed E-state index contributed by atoms with van der Waals surface area (Å²) >= 11 is 0. The minimum absolute atomic E-state index is 0.0607. The predicted octanol–water partition coefficient (Wildman–Crippen LogP) is 4.87. The molecule has 2 heterocycles. The molecular formula is C26H34N4O2. The first-order valence-electron chi connectivity index (χ1n) is 11.6. The fourth-order valence-corrected chi connectivity index (χ4v) is 4.97. The van der Waals surface area contributed by atoms with Crippen LogP contribution in [0.1, 0.15) is 62.5 Å². The molecule has 1 amide bonds. The van der Waals surface area contributed by atoms with Crippen LogP contribution in [0.15, 0.2) is 48.7 Å². The van der Waals surface area contributed by atoms with Gasteiger partial charge in [-0.05, 0) is 82.3 Å². The van der Waals surface area contributed by atoms with Gasteiger partial charge in [-0.2, -0.15) is 0 Å². The van der Waals surface area contributed by atoms with Crippen molar-refractivity contribution in [1.82, 2.24) is 20.2 Å². The Labute approximate surface area is 190 Å². The van der Waals surface area contributed by atoms with Crippen molar-refractivity contribution in [3.63, 3.8) is 0 Å². The first kappa shape index (κ1) is 22.3. The number of hydrogen-bond donors (Lipinski definition) is 2. The van der Waals surface area contributed by atoms with Crippen molar-refractivity contribution in [1.29, 1.82) is 0 Å². The number of ether oxygens (including phenoxy) is 1. The number of amides is 1. The lowest BCUT2D eigenvalue weighted by molar-refractivity contribution is 0.0614. The molecule has 2 N–H and O–H groups in total. The average molecular weight is 435 g/mol. The lowest BCUT2D eigenvalue weighted by Crippen LogP contribution is -2.51. The van der Waals surface area contributed by atoms with Gasteiger partial charge in [-0.3, -0.25) is 9.78 Å². The molecule has 170 valence electrons. The van der Waals surface area contributed by atoms with Crippen LogP contribution in [0.5, 0.6) is 5.75 Å². The van der Waals surface area contributed by atoms with Crippen LogP contribution in [0.3, 0.4) is 0 Å². The van der Waals surface area contributed by atoms with Crippen molar-refractivity contribution in [2.75, 3.05) is 13.7 Å². The summed E-state index contributed by atoms with van der Waals surface area (Å²) in [6, 6.07) is 14.6. The van der Waals surface area contributed by atoms with Gasteiger partial charge in [0.1, 0.15) is 11.4 Å². The highest BCUT2D eigenvalue weighted by Crippen LogP contribution is 2.29. The lowest BCUT2D eigenvalue weighted by Gasteiger charge is -2.40. The number of carbonyl (C=O) groups is 1. The second kappa shape index (κ2) is 9.33. The number of rotatable bonds is 7. The van der Waals surface area contributed by atoms with E-state index in [1.54, 1.807) is 13.3 Å². The molecule has 1 saturated carbocycles. The van der Waals surface area contributed by atoms with E-state index in [1.807, 2.05) is 35.2 Å². The van der Waals surface area contributed by atoms with E-state index >= 15 is 0 Å². The molecule has 1 aliphatic carbocycles. The van der Waals surface area contributed by atoms with Gasteiger partial charge in [-0.1, -0.05) is 12.1 Å². The highest BCUT2D eigenvalue weighted by molar-refractivity contribution is 5.97. The van der Waals surface area contributed by atoms with Crippen LogP contribution in [0.2, 0.25) is 0 Å². The van der Waals surface area contributed by atoms with Crippen molar-refractivity contribution >= 4 is 16.9 Å². The Bertz CT molecular complexity index is 1020. The van der Waals surface area contributed by atoms with Crippen LogP contribution in [0, 0.1) is 0 Å². The average Bonchev–Trinajstić information content (AvgIpc) is 3.24. The number of benzene rings is 1. The normalized spacial score (nSPS) is 19.1. The fourth-order valence-electron chi connectivity index (χ4n) is 4.97. The molecule has 32 heavy (non-hydrogen) atoms. The third-order valence-electron chi connectivity index (χ3n) is 6.68. The molecule has 1 unspecified atom stereocenters. The number of nitrogens with zero attached hydrogens (tertiary/aromatic N) is 2. The Morgan fingerprint density at radius 3 is 2.72 bits per heavy atom. The minimum Gasteiger partial charge on any atom is -0.497 e. The SMILES string of the molecule is CCN(C(=O)c1cc2ncccc2[nH]1)C1CCC[C@H](NC(C)(C)c2ccc(OC)cc2)C1. The van der Waals surface area contributed by atoms with Crippen LogP contribution in [-0.2, 0) is 5.54 Å². The number of hydrogen-bond acceptors (Lipinski definition) is 4. The number of aromatic amines is 1. The molecule has 1 fully saturated rings. The van der Waals surface area contributed by atoms with E-state index in [2.05, 4.69) is 48.2 Å². The van der Waals surface area contributed by atoms with Gasteiger partial charge >= 0.3 is 0 Å². The monoisotopic (exact) mass is 434 g/mol. The molecule has 4 rings (SSSR count). The summed E-state index contributed by atoms with van der Waals surface area (Å²) in [5.74, 6) is 0.928. The third kappa shape index (κ3) is 4.65. The molecule has 0 bridgehead atoms. The van der Waals surface area contributed by atoms with E-state index in [0.29, 0.717) is 18.3 Å². The third-order valence-corrected chi connectivity index (χ3v) is 6.68. The maximum atomic E-state index is 13.4. The number of methoxy groups -OCH3 is 1. The number of H-pyrrole nitrogens is 1. The molecule has 6 heteroatoms. The molecule has 3 aromatic rings. The molecule has 6 nitrogen and oxygen atoms in total. The number of nitrogens with one attached hydrogen (secondary N) is 2. The van der Waals surface area contributed by atoms with Crippen molar-refractivity contribution in [3.05, 3.63) is 59.9 Å². The smallest absolute Gasteiger partial charge is 0.270 e. The van der Waals surface area contributed by atoms with Crippen LogP contribution >= 0.6 is 0 Å². The van der Waals surface area contributed by atoms with Gasteiger partial charge in [0.15, 0.2) is 0 Å². The van der Waals surface area contributed by atoms with Gasteiger partial charge in [-0.25, -0.2) is 0 Å². The van der Waals surface area contributed by atoms with Gasteiger partial charge in [0.25, 0.3) is 5.91 Å². The molecule has 1 aromatic carbocycles. The number of fused-ring (bicyclic) bond motifs is 1. The minimum atomic E-state index is -0.164. The quantitative estimate of drug-likeness (QED) is 0.557. The number of carbonyl (C=O) groups excluding carboxylic acids is 1. The molecule has 0 saturated heterocycles. The zero-order valence-electron chi connectivity index (χ0n) is 19.5. The maximum absolute atomic E-state index is 13.4. The molecule has 1 aliphatic rings. The Morgan fingerprint density at radius 2 is 2.03 bits per heavy atom. The van der Waals surface area contributed by atoms with Crippen LogP contribution in [0.25, 0.3) is 11.0 Å². The molecule has 0 spiro atoms. The van der Waals surface area contributed by atoms with Crippen LogP contribution in [-0.4, -0.2) is 46.5 Å². The largest absolute Gasteiger partial charge is 0.497 e. The van der Waals surface area contributed by atoms with E-state index in [1.165, 1.54) is 5.56 Å². The van der Waals surface area contributed by atoms with E-state index in [9.17, 15) is 4.79 Å². The fraction of sp³-hybridized carbons (Fsp3) is 0.462. The van der Waals surface area contributed by atoms with Crippen molar-refractivity contribution in [3.8, 4) is 5.75 Å². The predicted molar refractivity (Wildman–Crippen MR) is 128 cm³/mol. The molecular weight excluding hydrogens is 400 g/mol. The van der Waals surface area contributed by atoms with Gasteiger partial charge in [-0.15, -0.1) is 0 Å². The number of aromatic nitrogens is 2. The topological polar surface area (TPSA) is 70.2 Å². The second-order valence-electron chi connectivity index (χ2n) is 9.23. The summed E-state index contributed by atoms with van der Waals surface area (Å²) in [5, 5.41) is 3.86. The lowest BCUT2D eigenvalue weighted by atomic mass is 9.86. The summed E-state index contributed by atoms with van der Waals surface area (Å²) < 4.78 is 5.30. The van der Waals surface area contributed by atoms with Crippen molar-refractivity contribution < 1.29 is 9.53 Å². The van der Waals surface area contributed by atoms with Crippen LogP contribution in [0.4, 0.5) is 0 Å². The van der Waals surface area contributed by atoms with E-state index < -0.39 is 0 Å². The van der Waals surface area contributed by atoms with Gasteiger partial charge in [0, 0.05) is 30.4 Å². The zero-order valence-corrected chi connectivity index (χ0v) is 19.5. The Hall–Kier alpha value is -2.86. The Balaban J connectivity index is 1.46. The highest BCUT2D eigenvalue weighted by atomic mass is 16.5. The number of pyridine rings is 1. The standard InChI is InChI=1S/C26H34N4O2/c1-5-30(25(31)24-17-23-22(28-24)10-7-15-27-23)20-9-6-8-19(16-20)29-26(2,3)18-11-13-21(32-4)14-12-18/h7,10-15,17,19-20,28-29H,5-6,8-9,16H2,1-4H3/t19-,20?/m0/s1. The summed E-state index contributed by atoms with van der Waals surface area (Å²) in [5.41, 5.74) is 3.42.